The predicted octanol–water partition coefficient (Wildman–Crippen LogP) is 2.55. The van der Waals surface area contributed by atoms with Gasteiger partial charge in [-0.15, -0.1) is 0 Å². The standard InChI is InChI=1S/C25H32N4O3/c30-25(6-4-20-7-9-26-10-8-20)29-11-1-2-22(18-29)28-14-12-27(13-15-28)17-21-3-5-23-24(16-21)32-19-31-23/h3,5,7-10,16,22H,1-2,4,6,11-15,17-19H2/t22-/m0/s1. The Labute approximate surface area is 189 Å². The van der Waals surface area contributed by atoms with E-state index in [1.807, 2.05) is 18.2 Å². The van der Waals surface area contributed by atoms with E-state index in [0.29, 0.717) is 19.3 Å². The number of piperazine rings is 1. The first kappa shape index (κ1) is 21.2. The highest BCUT2D eigenvalue weighted by Crippen LogP contribution is 2.33. The van der Waals surface area contributed by atoms with Crippen molar-refractivity contribution >= 4 is 5.91 Å². The molecule has 3 aliphatic heterocycles. The maximum Gasteiger partial charge on any atom is 0.231 e. The van der Waals surface area contributed by atoms with Crippen LogP contribution in [0.4, 0.5) is 0 Å². The number of hydrogen-bond donors (Lipinski definition) is 0. The van der Waals surface area contributed by atoms with Gasteiger partial charge in [0.1, 0.15) is 0 Å². The number of aryl methyl sites for hydroxylation is 1. The number of ether oxygens (including phenoxy) is 2. The minimum Gasteiger partial charge on any atom is -0.454 e. The van der Waals surface area contributed by atoms with Crippen LogP contribution in [0.15, 0.2) is 42.7 Å². The summed E-state index contributed by atoms with van der Waals surface area (Å²) in [5.41, 5.74) is 2.45. The largest absolute Gasteiger partial charge is 0.454 e. The number of piperidine rings is 1. The second-order valence-corrected chi connectivity index (χ2v) is 8.99. The third-order valence-electron chi connectivity index (χ3n) is 6.89. The fourth-order valence-electron chi connectivity index (χ4n) is 5.02. The quantitative estimate of drug-likeness (QED) is 0.694. The van der Waals surface area contributed by atoms with Gasteiger partial charge in [-0.05, 0) is 54.7 Å². The van der Waals surface area contributed by atoms with Crippen molar-refractivity contribution in [3.8, 4) is 11.5 Å². The number of nitrogens with zero attached hydrogens (tertiary/aromatic N) is 4. The molecule has 7 nitrogen and oxygen atoms in total. The summed E-state index contributed by atoms with van der Waals surface area (Å²) in [4.78, 5) is 24.0. The summed E-state index contributed by atoms with van der Waals surface area (Å²) in [6.07, 6.45) is 7.26. The molecule has 0 bridgehead atoms. The number of rotatable bonds is 6. The predicted molar refractivity (Wildman–Crippen MR) is 122 cm³/mol. The molecule has 3 aliphatic rings. The molecule has 5 rings (SSSR count). The molecular weight excluding hydrogens is 404 g/mol. The Morgan fingerprint density at radius 2 is 1.78 bits per heavy atom. The molecule has 1 amide bonds. The average molecular weight is 437 g/mol. The zero-order chi connectivity index (χ0) is 21.8. The Hall–Kier alpha value is -2.64. The first-order chi connectivity index (χ1) is 15.7. The maximum atomic E-state index is 12.8. The molecule has 7 heteroatoms. The number of carbonyl (C=O) groups is 1. The minimum atomic E-state index is 0.285. The molecule has 2 fully saturated rings. The van der Waals surface area contributed by atoms with Crippen LogP contribution in [0.3, 0.4) is 0 Å². The summed E-state index contributed by atoms with van der Waals surface area (Å²) in [7, 11) is 0. The van der Waals surface area contributed by atoms with Crippen LogP contribution in [0.5, 0.6) is 11.5 Å². The van der Waals surface area contributed by atoms with Crippen LogP contribution < -0.4 is 9.47 Å². The van der Waals surface area contributed by atoms with E-state index in [2.05, 4.69) is 31.8 Å². The molecule has 32 heavy (non-hydrogen) atoms. The first-order valence-electron chi connectivity index (χ1n) is 11.8. The van der Waals surface area contributed by atoms with Crippen molar-refractivity contribution < 1.29 is 14.3 Å². The van der Waals surface area contributed by atoms with Crippen LogP contribution in [0.25, 0.3) is 0 Å². The van der Waals surface area contributed by atoms with Crippen LogP contribution in [0.1, 0.15) is 30.4 Å². The van der Waals surface area contributed by atoms with Gasteiger partial charge in [0.25, 0.3) is 0 Å². The molecule has 0 unspecified atom stereocenters. The molecule has 170 valence electrons. The van der Waals surface area contributed by atoms with Gasteiger partial charge >= 0.3 is 0 Å². The SMILES string of the molecule is O=C(CCc1ccncc1)N1CCC[C@H](N2CCN(Cc3ccc4c(c3)OCO4)CC2)C1. The second kappa shape index (κ2) is 9.88. The Balaban J connectivity index is 1.08. The van der Waals surface area contributed by atoms with Crippen molar-refractivity contribution in [1.29, 1.82) is 0 Å². The van der Waals surface area contributed by atoms with Gasteiger partial charge in [0.05, 0.1) is 0 Å². The van der Waals surface area contributed by atoms with E-state index in [0.717, 1.165) is 70.2 Å². The number of pyridine rings is 1. The van der Waals surface area contributed by atoms with E-state index in [-0.39, 0.29) is 5.91 Å². The summed E-state index contributed by atoms with van der Waals surface area (Å²) < 4.78 is 10.9. The topological polar surface area (TPSA) is 58.1 Å². The third-order valence-corrected chi connectivity index (χ3v) is 6.89. The summed E-state index contributed by atoms with van der Waals surface area (Å²) >= 11 is 0. The van der Waals surface area contributed by atoms with Crippen molar-refractivity contribution in [3.63, 3.8) is 0 Å². The second-order valence-electron chi connectivity index (χ2n) is 8.99. The van der Waals surface area contributed by atoms with Crippen molar-refractivity contribution in [2.24, 2.45) is 0 Å². The van der Waals surface area contributed by atoms with Gasteiger partial charge in [0.2, 0.25) is 12.7 Å². The molecule has 4 heterocycles. The van der Waals surface area contributed by atoms with Crippen molar-refractivity contribution in [3.05, 3.63) is 53.9 Å². The summed E-state index contributed by atoms with van der Waals surface area (Å²) in [5, 5.41) is 0. The Kier molecular flexibility index (Phi) is 6.55. The van der Waals surface area contributed by atoms with Gasteiger partial charge in [0.15, 0.2) is 11.5 Å². The van der Waals surface area contributed by atoms with Gasteiger partial charge in [-0.3, -0.25) is 19.6 Å². The maximum absolute atomic E-state index is 12.8. The van der Waals surface area contributed by atoms with Gasteiger partial charge in [-0.25, -0.2) is 0 Å². The molecule has 0 radical (unpaired) electrons. The molecule has 1 aromatic carbocycles. The Morgan fingerprint density at radius 1 is 0.969 bits per heavy atom. The number of amides is 1. The zero-order valence-corrected chi connectivity index (χ0v) is 18.6. The molecule has 1 aromatic heterocycles. The average Bonchev–Trinajstić information content (AvgIpc) is 3.32. The monoisotopic (exact) mass is 436 g/mol. The van der Waals surface area contributed by atoms with Crippen LogP contribution in [-0.4, -0.2) is 77.7 Å². The van der Waals surface area contributed by atoms with Gasteiger partial charge in [-0.1, -0.05) is 6.07 Å². The van der Waals surface area contributed by atoms with Gasteiger partial charge < -0.3 is 14.4 Å². The third kappa shape index (κ3) is 5.05. The van der Waals surface area contributed by atoms with Crippen LogP contribution >= 0.6 is 0 Å². The smallest absolute Gasteiger partial charge is 0.231 e. The lowest BCUT2D eigenvalue weighted by Gasteiger charge is -2.43. The van der Waals surface area contributed by atoms with Crippen molar-refractivity contribution in [2.45, 2.75) is 38.3 Å². The normalized spacial score (nSPS) is 21.6. The van der Waals surface area contributed by atoms with Crippen LogP contribution in [-0.2, 0) is 17.8 Å². The van der Waals surface area contributed by atoms with Crippen LogP contribution in [0.2, 0.25) is 0 Å². The van der Waals surface area contributed by atoms with E-state index in [1.165, 1.54) is 17.5 Å². The van der Waals surface area contributed by atoms with E-state index in [9.17, 15) is 4.79 Å². The summed E-state index contributed by atoms with van der Waals surface area (Å²) in [5.74, 6) is 1.99. The molecule has 0 N–H and O–H groups in total. The summed E-state index contributed by atoms with van der Waals surface area (Å²) in [6.45, 7) is 7.27. The molecule has 0 aliphatic carbocycles. The number of aromatic nitrogens is 1. The number of fused-ring (bicyclic) bond motifs is 1. The fourth-order valence-corrected chi connectivity index (χ4v) is 5.02. The number of carbonyl (C=O) groups excluding carboxylic acids is 1. The van der Waals surface area contributed by atoms with Gasteiger partial charge in [0, 0.05) is 70.7 Å². The van der Waals surface area contributed by atoms with Crippen LogP contribution in [0, 0.1) is 0 Å². The molecule has 0 saturated carbocycles. The molecule has 1 atom stereocenters. The highest BCUT2D eigenvalue weighted by Gasteiger charge is 2.30. The molecule has 0 spiro atoms. The Bertz CT molecular complexity index is 915. The lowest BCUT2D eigenvalue weighted by molar-refractivity contribution is -0.133. The van der Waals surface area contributed by atoms with Crippen molar-refractivity contribution in [1.82, 2.24) is 19.7 Å². The number of hydrogen-bond acceptors (Lipinski definition) is 6. The molecule has 2 saturated heterocycles. The van der Waals surface area contributed by atoms with E-state index in [4.69, 9.17) is 9.47 Å². The Morgan fingerprint density at radius 3 is 2.62 bits per heavy atom. The molecular formula is C25H32N4O3. The van der Waals surface area contributed by atoms with E-state index >= 15 is 0 Å². The fraction of sp³-hybridized carbons (Fsp3) is 0.520. The lowest BCUT2D eigenvalue weighted by atomic mass is 10.0. The zero-order valence-electron chi connectivity index (χ0n) is 18.6. The minimum absolute atomic E-state index is 0.285. The van der Waals surface area contributed by atoms with Crippen molar-refractivity contribution in [2.75, 3.05) is 46.1 Å². The highest BCUT2D eigenvalue weighted by atomic mass is 16.7. The van der Waals surface area contributed by atoms with Gasteiger partial charge in [-0.2, -0.15) is 0 Å². The van der Waals surface area contributed by atoms with E-state index in [1.54, 1.807) is 12.4 Å². The first-order valence-corrected chi connectivity index (χ1v) is 11.8. The molecule has 2 aromatic rings. The highest BCUT2D eigenvalue weighted by molar-refractivity contribution is 5.76. The number of benzene rings is 1. The lowest BCUT2D eigenvalue weighted by Crippen LogP contribution is -2.55. The van der Waals surface area contributed by atoms with E-state index < -0.39 is 0 Å². The number of likely N-dealkylation sites (tertiary alicyclic amines) is 1. The summed E-state index contributed by atoms with van der Waals surface area (Å²) in [6, 6.07) is 10.7.